The van der Waals surface area contributed by atoms with Crippen LogP contribution in [0, 0.1) is 11.8 Å². The molecule has 1 aliphatic rings. The van der Waals surface area contributed by atoms with Crippen LogP contribution in [0.2, 0.25) is 0 Å². The molecule has 1 saturated carbocycles. The summed E-state index contributed by atoms with van der Waals surface area (Å²) in [4.78, 5) is 28.6. The number of esters is 1. The monoisotopic (exact) mass is 619 g/mol. The Morgan fingerprint density at radius 2 is 1.59 bits per heavy atom. The van der Waals surface area contributed by atoms with E-state index < -0.39 is 56.5 Å². The van der Waals surface area contributed by atoms with Gasteiger partial charge in [-0.25, -0.2) is 8.42 Å². The van der Waals surface area contributed by atoms with Crippen molar-refractivity contribution in [3.05, 3.63) is 65.7 Å². The highest BCUT2D eigenvalue weighted by molar-refractivity contribution is 7.89. The predicted octanol–water partition coefficient (Wildman–Crippen LogP) is 5.26. The van der Waals surface area contributed by atoms with Gasteiger partial charge in [-0.15, -0.1) is 17.2 Å². The van der Waals surface area contributed by atoms with Crippen LogP contribution in [0.25, 0.3) is 0 Å². The molecule has 0 aromatic heterocycles. The number of nitrogens with one attached hydrogen (secondary N) is 2. The van der Waals surface area contributed by atoms with Crippen molar-refractivity contribution in [2.45, 2.75) is 69.1 Å². The van der Waals surface area contributed by atoms with Crippen molar-refractivity contribution >= 4 is 34.3 Å². The molecule has 8 nitrogen and oxygen atoms in total. The topological polar surface area (TPSA) is 105 Å². The van der Waals surface area contributed by atoms with E-state index in [0.29, 0.717) is 30.5 Å². The number of sulfonamides is 1. The molecule has 1 unspecified atom stereocenters. The second kappa shape index (κ2) is 15.0. The lowest BCUT2D eigenvalue weighted by Gasteiger charge is -2.35. The second-order valence-electron chi connectivity index (χ2n) is 10.2. The van der Waals surface area contributed by atoms with E-state index in [0.717, 1.165) is 36.4 Å². The van der Waals surface area contributed by atoms with Crippen LogP contribution in [0.5, 0.6) is 0 Å². The molecular formula is C28H37ClF3N3O5S. The average Bonchev–Trinajstić information content (AvgIpc) is 2.93. The van der Waals surface area contributed by atoms with Gasteiger partial charge in [0, 0.05) is 5.92 Å². The van der Waals surface area contributed by atoms with E-state index in [1.54, 1.807) is 37.4 Å². The summed E-state index contributed by atoms with van der Waals surface area (Å²) in [5.74, 6) is -1.61. The molecule has 0 heterocycles. The predicted molar refractivity (Wildman–Crippen MR) is 150 cm³/mol. The summed E-state index contributed by atoms with van der Waals surface area (Å²) in [6, 6.07) is 9.90. The van der Waals surface area contributed by atoms with E-state index in [2.05, 4.69) is 10.1 Å². The summed E-state index contributed by atoms with van der Waals surface area (Å²) in [6.45, 7) is 3.34. The van der Waals surface area contributed by atoms with Crippen LogP contribution < -0.4 is 10.1 Å². The van der Waals surface area contributed by atoms with Crippen LogP contribution in [-0.4, -0.2) is 45.0 Å². The number of hydrogen-bond acceptors (Lipinski definition) is 6. The zero-order valence-electron chi connectivity index (χ0n) is 23.2. The maximum Gasteiger partial charge on any atom is 0.416 e. The molecule has 0 saturated heterocycles. The van der Waals surface area contributed by atoms with E-state index in [-0.39, 0.29) is 24.9 Å². The number of carbonyl (C=O) groups is 2. The van der Waals surface area contributed by atoms with E-state index in [9.17, 15) is 31.2 Å². The van der Waals surface area contributed by atoms with Crippen molar-refractivity contribution in [1.82, 2.24) is 15.2 Å². The van der Waals surface area contributed by atoms with Gasteiger partial charge in [-0.3, -0.25) is 14.6 Å². The molecule has 41 heavy (non-hydrogen) atoms. The lowest BCUT2D eigenvalue weighted by molar-refractivity contribution is -0.154. The van der Waals surface area contributed by atoms with Gasteiger partial charge in [0.1, 0.15) is 18.7 Å². The number of nitrogens with zero attached hydrogens (tertiary/aromatic N) is 1. The zero-order chi connectivity index (χ0) is 29.5. The molecule has 1 amide bonds. The van der Waals surface area contributed by atoms with Crippen LogP contribution >= 0.6 is 12.4 Å². The van der Waals surface area contributed by atoms with E-state index in [1.165, 1.54) is 0 Å². The third kappa shape index (κ3) is 9.16. The van der Waals surface area contributed by atoms with E-state index in [4.69, 9.17) is 4.74 Å². The number of carbonyl (C=O) groups excluding carboxylic acids is 2. The Hall–Kier alpha value is -2.67. The molecule has 0 aliphatic heterocycles. The van der Waals surface area contributed by atoms with Gasteiger partial charge in [-0.05, 0) is 55.6 Å². The summed E-state index contributed by atoms with van der Waals surface area (Å²) >= 11 is 0. The number of halogens is 4. The number of benzene rings is 2. The smallest absolute Gasteiger partial charge is 0.416 e. The van der Waals surface area contributed by atoms with Crippen LogP contribution in [0.15, 0.2) is 59.5 Å². The second-order valence-corrected chi connectivity index (χ2v) is 11.9. The summed E-state index contributed by atoms with van der Waals surface area (Å²) in [7, 11) is -2.87. The number of likely N-dealkylation sites (N-methyl/N-ethyl adjacent to an activating group) is 1. The summed E-state index contributed by atoms with van der Waals surface area (Å²) < 4.78 is 71.6. The maximum atomic E-state index is 13.8. The molecule has 2 aromatic carbocycles. The Kier molecular flexibility index (Phi) is 12.6. The van der Waals surface area contributed by atoms with Crippen LogP contribution in [0.3, 0.4) is 0 Å². The number of rotatable bonds is 11. The molecule has 228 valence electrons. The molecular weight excluding hydrogens is 583 g/mol. The summed E-state index contributed by atoms with van der Waals surface area (Å²) in [6.07, 6.45) is -0.941. The fourth-order valence-electron chi connectivity index (χ4n) is 4.78. The van der Waals surface area contributed by atoms with Crippen molar-refractivity contribution in [3.8, 4) is 0 Å². The van der Waals surface area contributed by atoms with Gasteiger partial charge in [-0.1, -0.05) is 63.4 Å². The molecule has 2 aromatic rings. The van der Waals surface area contributed by atoms with E-state index >= 15 is 0 Å². The first-order valence-electron chi connectivity index (χ1n) is 13.3. The van der Waals surface area contributed by atoms with E-state index in [1.807, 2.05) is 13.8 Å². The third-order valence-electron chi connectivity index (χ3n) is 7.01. The first kappa shape index (κ1) is 34.5. The van der Waals surface area contributed by atoms with Crippen molar-refractivity contribution in [2.24, 2.45) is 11.8 Å². The Labute approximate surface area is 245 Å². The van der Waals surface area contributed by atoms with Gasteiger partial charge < -0.3 is 10.1 Å². The Morgan fingerprint density at radius 3 is 2.10 bits per heavy atom. The first-order chi connectivity index (χ1) is 18.8. The molecule has 2 N–H and O–H groups in total. The minimum absolute atomic E-state index is 0. The van der Waals surface area contributed by atoms with Crippen LogP contribution in [-0.2, 0) is 30.5 Å². The molecule has 2 atom stereocenters. The summed E-state index contributed by atoms with van der Waals surface area (Å²) in [5.41, 5.74) is -0.486. The van der Waals surface area contributed by atoms with Gasteiger partial charge in [-0.2, -0.15) is 13.2 Å². The van der Waals surface area contributed by atoms with Crippen molar-refractivity contribution in [3.63, 3.8) is 0 Å². The lowest BCUT2D eigenvalue weighted by Crippen LogP contribution is -2.52. The van der Waals surface area contributed by atoms with Gasteiger partial charge in [0.05, 0.1) is 10.5 Å². The normalized spacial score (nSPS) is 16.0. The SMILES string of the molecule is CNC(C(=O)OC[C@H](c1ccccc1)N(NS(=O)(=O)c1ccc(C(F)(F)F)cc1)C(=O)C1CCCCC1)C(C)C.Cl. The number of hydrogen-bond donors (Lipinski definition) is 2. The maximum absolute atomic E-state index is 13.8. The highest BCUT2D eigenvalue weighted by Gasteiger charge is 2.37. The fourth-order valence-corrected chi connectivity index (χ4v) is 5.86. The molecule has 0 bridgehead atoms. The minimum Gasteiger partial charge on any atom is -0.462 e. The quantitative estimate of drug-likeness (QED) is 0.263. The van der Waals surface area contributed by atoms with Crippen molar-refractivity contribution in [1.29, 1.82) is 0 Å². The molecule has 1 fully saturated rings. The van der Waals surface area contributed by atoms with Crippen LogP contribution in [0.1, 0.15) is 63.1 Å². The highest BCUT2D eigenvalue weighted by atomic mass is 35.5. The zero-order valence-corrected chi connectivity index (χ0v) is 24.8. The largest absolute Gasteiger partial charge is 0.462 e. The number of ether oxygens (including phenoxy) is 1. The fraction of sp³-hybridized carbons (Fsp3) is 0.500. The van der Waals surface area contributed by atoms with Crippen molar-refractivity contribution < 1.29 is 35.9 Å². The average molecular weight is 620 g/mol. The number of amides is 1. The Morgan fingerprint density at radius 1 is 1.00 bits per heavy atom. The Bertz CT molecular complexity index is 1240. The highest BCUT2D eigenvalue weighted by Crippen LogP contribution is 2.32. The molecule has 0 spiro atoms. The van der Waals surface area contributed by atoms with Gasteiger partial charge in [0.2, 0.25) is 5.91 Å². The number of alkyl halides is 3. The lowest BCUT2D eigenvalue weighted by atomic mass is 9.88. The standard InChI is InChI=1S/C28H36F3N3O5S.ClH/c1-19(2)25(32-3)27(36)39-18-24(20-10-6-4-7-11-20)34(26(35)21-12-8-5-9-13-21)33-40(37,38)23-16-14-22(15-17-23)28(29,30)31;/h4,6-7,10-11,14-17,19,21,24-25,32-33H,5,8-9,12-13,18H2,1-3H3;1H/t24-,25?;/m1./s1. The van der Waals surface area contributed by atoms with Crippen LogP contribution in [0.4, 0.5) is 13.2 Å². The number of hydrazine groups is 1. The molecule has 3 rings (SSSR count). The first-order valence-corrected chi connectivity index (χ1v) is 14.7. The Balaban J connectivity index is 0.00000588. The van der Waals surface area contributed by atoms with Gasteiger partial charge in [0.25, 0.3) is 10.0 Å². The van der Waals surface area contributed by atoms with Crippen molar-refractivity contribution in [2.75, 3.05) is 13.7 Å². The molecule has 0 radical (unpaired) electrons. The minimum atomic E-state index is -4.64. The molecule has 1 aliphatic carbocycles. The molecule has 13 heteroatoms. The van der Waals surface area contributed by atoms with Gasteiger partial charge >= 0.3 is 12.1 Å². The summed E-state index contributed by atoms with van der Waals surface area (Å²) in [5, 5.41) is 3.86. The third-order valence-corrected chi connectivity index (χ3v) is 8.34. The van der Waals surface area contributed by atoms with Gasteiger partial charge in [0.15, 0.2) is 0 Å².